The van der Waals surface area contributed by atoms with E-state index in [1.54, 1.807) is 4.90 Å². The van der Waals surface area contributed by atoms with Crippen molar-refractivity contribution in [2.45, 2.75) is 13.8 Å². The Kier molecular flexibility index (Phi) is 11.1. The normalized spacial score (nSPS) is 19.4. The lowest BCUT2D eigenvalue weighted by Gasteiger charge is -2.36. The van der Waals surface area contributed by atoms with Gasteiger partial charge < -0.3 is 24.6 Å². The second-order valence-corrected chi connectivity index (χ2v) is 5.86. The number of carbonyl (C=O) groups is 1. The summed E-state index contributed by atoms with van der Waals surface area (Å²) in [6.45, 7) is 13.4. The van der Waals surface area contributed by atoms with Crippen LogP contribution in [0.15, 0.2) is 4.99 Å². The SMILES string of the molecule is CCNC(=NCCN1CCOCC1)N1CCN(C(=O)OCC)CC1.I. The van der Waals surface area contributed by atoms with Gasteiger partial charge in [-0.1, -0.05) is 0 Å². The summed E-state index contributed by atoms with van der Waals surface area (Å²) in [6.07, 6.45) is -0.216. The average molecular weight is 469 g/mol. The first-order chi connectivity index (χ1) is 11.7. The number of rotatable bonds is 5. The number of hydrogen-bond donors (Lipinski definition) is 1. The van der Waals surface area contributed by atoms with E-state index in [0.717, 1.165) is 65.0 Å². The zero-order valence-corrected chi connectivity index (χ0v) is 17.7. The summed E-state index contributed by atoms with van der Waals surface area (Å²) < 4.78 is 10.4. The van der Waals surface area contributed by atoms with E-state index in [-0.39, 0.29) is 30.1 Å². The summed E-state index contributed by atoms with van der Waals surface area (Å²) >= 11 is 0. The van der Waals surface area contributed by atoms with Crippen LogP contribution in [0.2, 0.25) is 0 Å². The number of hydrogen-bond acceptors (Lipinski definition) is 5. The van der Waals surface area contributed by atoms with Gasteiger partial charge >= 0.3 is 6.09 Å². The molecule has 0 aromatic carbocycles. The first kappa shape index (κ1) is 22.2. The van der Waals surface area contributed by atoms with Crippen molar-refractivity contribution in [3.63, 3.8) is 0 Å². The van der Waals surface area contributed by atoms with Crippen LogP contribution >= 0.6 is 24.0 Å². The zero-order valence-electron chi connectivity index (χ0n) is 15.4. The summed E-state index contributed by atoms with van der Waals surface area (Å²) in [5, 5.41) is 3.36. The van der Waals surface area contributed by atoms with Gasteiger partial charge in [-0.3, -0.25) is 9.89 Å². The predicted molar refractivity (Wildman–Crippen MR) is 109 cm³/mol. The molecule has 2 rings (SSSR count). The molecule has 0 bridgehead atoms. The number of aliphatic imine (C=N–C) groups is 1. The Bertz CT molecular complexity index is 411. The van der Waals surface area contributed by atoms with Gasteiger partial charge in [0.1, 0.15) is 0 Å². The molecule has 2 aliphatic rings. The van der Waals surface area contributed by atoms with Crippen molar-refractivity contribution in [3.05, 3.63) is 0 Å². The topological polar surface area (TPSA) is 69.6 Å². The van der Waals surface area contributed by atoms with Gasteiger partial charge in [-0.05, 0) is 13.8 Å². The molecule has 0 aromatic rings. The Morgan fingerprint density at radius 1 is 1.08 bits per heavy atom. The van der Waals surface area contributed by atoms with Crippen LogP contribution in [-0.4, -0.2) is 105 Å². The van der Waals surface area contributed by atoms with Gasteiger partial charge in [0.25, 0.3) is 0 Å². The van der Waals surface area contributed by atoms with E-state index in [0.29, 0.717) is 19.7 Å². The van der Waals surface area contributed by atoms with E-state index >= 15 is 0 Å². The number of ether oxygens (including phenoxy) is 2. The standard InChI is InChI=1S/C16H31N5O3.HI/c1-3-17-15(18-5-6-19-11-13-23-14-12-19)20-7-9-21(10-8-20)16(22)24-4-2;/h3-14H2,1-2H3,(H,17,18);1H. The molecular formula is C16H32IN5O3. The molecule has 0 atom stereocenters. The molecule has 2 heterocycles. The first-order valence-electron chi connectivity index (χ1n) is 8.99. The Hall–Kier alpha value is -0.810. The van der Waals surface area contributed by atoms with Gasteiger partial charge in [0.2, 0.25) is 0 Å². The van der Waals surface area contributed by atoms with Gasteiger partial charge in [0.05, 0.1) is 26.4 Å². The van der Waals surface area contributed by atoms with Gasteiger partial charge in [-0.2, -0.15) is 0 Å². The van der Waals surface area contributed by atoms with Crippen molar-refractivity contribution in [2.24, 2.45) is 4.99 Å². The maximum absolute atomic E-state index is 11.8. The largest absolute Gasteiger partial charge is 0.450 e. The summed E-state index contributed by atoms with van der Waals surface area (Å²) in [5.74, 6) is 0.939. The molecule has 9 heteroatoms. The summed E-state index contributed by atoms with van der Waals surface area (Å²) in [4.78, 5) is 22.9. The molecular weight excluding hydrogens is 437 g/mol. The Labute approximate surface area is 167 Å². The van der Waals surface area contributed by atoms with Crippen LogP contribution < -0.4 is 5.32 Å². The Balaban J connectivity index is 0.00000312. The molecule has 0 aliphatic carbocycles. The van der Waals surface area contributed by atoms with E-state index in [1.807, 2.05) is 6.92 Å². The molecule has 146 valence electrons. The fourth-order valence-electron chi connectivity index (χ4n) is 2.86. The Morgan fingerprint density at radius 2 is 1.72 bits per heavy atom. The number of morpholine rings is 1. The lowest BCUT2D eigenvalue weighted by molar-refractivity contribution is 0.0394. The molecule has 2 aliphatic heterocycles. The van der Waals surface area contributed by atoms with Crippen molar-refractivity contribution in [1.82, 2.24) is 20.0 Å². The molecule has 2 saturated heterocycles. The minimum absolute atomic E-state index is 0. The van der Waals surface area contributed by atoms with Crippen LogP contribution in [0.1, 0.15) is 13.8 Å². The van der Waals surface area contributed by atoms with E-state index in [1.165, 1.54) is 0 Å². The van der Waals surface area contributed by atoms with Crippen molar-refractivity contribution >= 4 is 36.0 Å². The summed E-state index contributed by atoms with van der Waals surface area (Å²) in [6, 6.07) is 0. The minimum atomic E-state index is -0.216. The summed E-state index contributed by atoms with van der Waals surface area (Å²) in [7, 11) is 0. The molecule has 0 saturated carbocycles. The molecule has 0 aromatic heterocycles. The maximum atomic E-state index is 11.8. The summed E-state index contributed by atoms with van der Waals surface area (Å²) in [5.41, 5.74) is 0. The number of carbonyl (C=O) groups excluding carboxylic acids is 1. The predicted octanol–water partition coefficient (Wildman–Crippen LogP) is 0.676. The highest BCUT2D eigenvalue weighted by molar-refractivity contribution is 14.0. The monoisotopic (exact) mass is 469 g/mol. The third-order valence-corrected chi connectivity index (χ3v) is 4.22. The highest BCUT2D eigenvalue weighted by Crippen LogP contribution is 2.05. The molecule has 1 N–H and O–H groups in total. The van der Waals surface area contributed by atoms with E-state index in [4.69, 9.17) is 14.5 Å². The van der Waals surface area contributed by atoms with Crippen LogP contribution in [0.3, 0.4) is 0 Å². The number of halogens is 1. The van der Waals surface area contributed by atoms with E-state index < -0.39 is 0 Å². The smallest absolute Gasteiger partial charge is 0.409 e. The minimum Gasteiger partial charge on any atom is -0.450 e. The van der Waals surface area contributed by atoms with Gasteiger partial charge in [-0.25, -0.2) is 4.79 Å². The van der Waals surface area contributed by atoms with Crippen LogP contribution in [0.25, 0.3) is 0 Å². The third-order valence-electron chi connectivity index (χ3n) is 4.22. The van der Waals surface area contributed by atoms with Crippen molar-refractivity contribution in [1.29, 1.82) is 0 Å². The first-order valence-corrected chi connectivity index (χ1v) is 8.99. The maximum Gasteiger partial charge on any atom is 0.409 e. The second kappa shape index (κ2) is 12.5. The van der Waals surface area contributed by atoms with Crippen LogP contribution in [-0.2, 0) is 9.47 Å². The Morgan fingerprint density at radius 3 is 2.32 bits per heavy atom. The van der Waals surface area contributed by atoms with Crippen molar-refractivity contribution in [3.8, 4) is 0 Å². The van der Waals surface area contributed by atoms with Crippen LogP contribution in [0.4, 0.5) is 4.79 Å². The molecule has 8 nitrogen and oxygen atoms in total. The van der Waals surface area contributed by atoms with Crippen LogP contribution in [0.5, 0.6) is 0 Å². The number of amides is 1. The number of nitrogens with zero attached hydrogens (tertiary/aromatic N) is 4. The fraction of sp³-hybridized carbons (Fsp3) is 0.875. The van der Waals surface area contributed by atoms with Crippen molar-refractivity contribution < 1.29 is 14.3 Å². The highest BCUT2D eigenvalue weighted by Gasteiger charge is 2.23. The fourth-order valence-corrected chi connectivity index (χ4v) is 2.86. The van der Waals surface area contributed by atoms with E-state index in [2.05, 4.69) is 22.0 Å². The highest BCUT2D eigenvalue weighted by atomic mass is 127. The quantitative estimate of drug-likeness (QED) is 0.363. The molecule has 25 heavy (non-hydrogen) atoms. The molecule has 1 amide bonds. The van der Waals surface area contributed by atoms with Crippen LogP contribution in [0, 0.1) is 0 Å². The molecule has 0 spiro atoms. The number of guanidine groups is 1. The average Bonchev–Trinajstić information content (AvgIpc) is 2.62. The van der Waals surface area contributed by atoms with E-state index in [9.17, 15) is 4.79 Å². The third kappa shape index (κ3) is 7.53. The lowest BCUT2D eigenvalue weighted by atomic mass is 10.3. The number of piperazine rings is 1. The molecule has 0 radical (unpaired) electrons. The molecule has 0 unspecified atom stereocenters. The van der Waals surface area contributed by atoms with Crippen molar-refractivity contribution in [2.75, 3.05) is 78.7 Å². The van der Waals surface area contributed by atoms with Gasteiger partial charge in [0, 0.05) is 52.4 Å². The second-order valence-electron chi connectivity index (χ2n) is 5.86. The van der Waals surface area contributed by atoms with Gasteiger partial charge in [-0.15, -0.1) is 24.0 Å². The lowest BCUT2D eigenvalue weighted by Crippen LogP contribution is -2.54. The number of nitrogens with one attached hydrogen (secondary N) is 1. The molecule has 2 fully saturated rings. The zero-order chi connectivity index (χ0) is 17.2. The van der Waals surface area contributed by atoms with Gasteiger partial charge in [0.15, 0.2) is 5.96 Å².